The summed E-state index contributed by atoms with van der Waals surface area (Å²) in [6.45, 7) is 3.31. The van der Waals surface area contributed by atoms with E-state index in [1.54, 1.807) is 6.08 Å². The first-order valence-corrected chi connectivity index (χ1v) is 11.8. The van der Waals surface area contributed by atoms with Gasteiger partial charge in [0.15, 0.2) is 0 Å². The Labute approximate surface area is 201 Å². The summed E-state index contributed by atoms with van der Waals surface area (Å²) < 4.78 is 0. The number of nitrogens with zero attached hydrogens (tertiary/aromatic N) is 1. The number of carbonyl (C=O) groups excluding carboxylic acids is 2. The van der Waals surface area contributed by atoms with E-state index in [2.05, 4.69) is 29.7 Å². The van der Waals surface area contributed by atoms with Crippen molar-refractivity contribution < 1.29 is 9.59 Å². The molecule has 1 fully saturated rings. The van der Waals surface area contributed by atoms with Gasteiger partial charge in [-0.15, -0.1) is 0 Å². The van der Waals surface area contributed by atoms with Gasteiger partial charge in [-0.2, -0.15) is 0 Å². The summed E-state index contributed by atoms with van der Waals surface area (Å²) in [5, 5.41) is 6.51. The van der Waals surface area contributed by atoms with Gasteiger partial charge in [-0.3, -0.25) is 9.59 Å². The third-order valence-corrected chi connectivity index (χ3v) is 6.23. The number of hydrogen-bond donors (Lipinski definition) is 2. The van der Waals surface area contributed by atoms with Crippen LogP contribution in [0.4, 0.5) is 11.4 Å². The lowest BCUT2D eigenvalue weighted by Gasteiger charge is -2.30. The molecule has 1 atom stereocenters. The molecular formula is C29H31N3O2. The number of rotatable bonds is 7. The van der Waals surface area contributed by atoms with Gasteiger partial charge >= 0.3 is 0 Å². The molecule has 1 saturated heterocycles. The predicted octanol–water partition coefficient (Wildman–Crippen LogP) is 5.75. The van der Waals surface area contributed by atoms with Crippen LogP contribution in [0, 0.1) is 5.92 Å². The molecule has 1 unspecified atom stereocenters. The minimum atomic E-state index is -0.0851. The van der Waals surface area contributed by atoms with E-state index in [9.17, 15) is 9.59 Å². The van der Waals surface area contributed by atoms with Crippen LogP contribution in [0.2, 0.25) is 0 Å². The molecule has 0 spiro atoms. The van der Waals surface area contributed by atoms with E-state index < -0.39 is 0 Å². The smallest absolute Gasteiger partial charge is 0.246 e. The van der Waals surface area contributed by atoms with Crippen LogP contribution in [0.3, 0.4) is 0 Å². The van der Waals surface area contributed by atoms with Crippen LogP contribution in [-0.2, 0) is 9.59 Å². The van der Waals surface area contributed by atoms with Crippen LogP contribution in [0.5, 0.6) is 0 Å². The van der Waals surface area contributed by atoms with Crippen LogP contribution in [-0.4, -0.2) is 29.8 Å². The molecule has 2 amide bonds. The van der Waals surface area contributed by atoms with Gasteiger partial charge in [0.25, 0.3) is 0 Å². The molecule has 3 aromatic rings. The Morgan fingerprint density at radius 2 is 1.44 bits per heavy atom. The van der Waals surface area contributed by atoms with Crippen LogP contribution in [0.15, 0.2) is 91.0 Å². The van der Waals surface area contributed by atoms with Gasteiger partial charge in [0.1, 0.15) is 0 Å². The summed E-state index contributed by atoms with van der Waals surface area (Å²) in [7, 11) is 0. The van der Waals surface area contributed by atoms with Crippen molar-refractivity contribution >= 4 is 29.3 Å². The Kier molecular flexibility index (Phi) is 7.76. The quantitative estimate of drug-likeness (QED) is 0.448. The first kappa shape index (κ1) is 23.3. The van der Waals surface area contributed by atoms with Crippen molar-refractivity contribution in [3.8, 4) is 0 Å². The van der Waals surface area contributed by atoms with Gasteiger partial charge in [0.05, 0.1) is 0 Å². The molecular weight excluding hydrogens is 422 g/mol. The number of benzene rings is 3. The number of carbonyl (C=O) groups is 2. The molecule has 0 radical (unpaired) electrons. The van der Waals surface area contributed by atoms with Gasteiger partial charge < -0.3 is 15.5 Å². The maximum absolute atomic E-state index is 12.8. The van der Waals surface area contributed by atoms with Crippen LogP contribution in [0.25, 0.3) is 6.08 Å². The zero-order valence-electron chi connectivity index (χ0n) is 19.5. The predicted molar refractivity (Wildman–Crippen MR) is 138 cm³/mol. The average molecular weight is 454 g/mol. The summed E-state index contributed by atoms with van der Waals surface area (Å²) in [4.78, 5) is 27.0. The number of anilines is 2. The van der Waals surface area contributed by atoms with Gasteiger partial charge in [-0.25, -0.2) is 0 Å². The lowest BCUT2D eigenvalue weighted by Crippen LogP contribution is -2.40. The Morgan fingerprint density at radius 3 is 2.09 bits per heavy atom. The van der Waals surface area contributed by atoms with Gasteiger partial charge in [0, 0.05) is 42.5 Å². The molecule has 0 bridgehead atoms. The highest BCUT2D eigenvalue weighted by atomic mass is 16.2. The molecule has 4 rings (SSSR count). The first-order chi connectivity index (χ1) is 16.6. The molecule has 3 aromatic carbocycles. The Hall–Kier alpha value is -3.86. The standard InChI is InChI=1S/C29H31N3O2/c1-22(24-10-6-3-7-11-24)30-26-13-15-27(16-14-26)31-29(34)25-18-20-32(21-19-25)28(33)17-12-23-8-4-2-5-9-23/h2-17,22,25,30H,18-21H2,1H3,(H,31,34)/b17-12+. The van der Waals surface area contributed by atoms with Crippen molar-refractivity contribution in [1.82, 2.24) is 4.90 Å². The molecule has 2 N–H and O–H groups in total. The largest absolute Gasteiger partial charge is 0.379 e. The summed E-state index contributed by atoms with van der Waals surface area (Å²) in [5.74, 6) is -0.0705. The van der Waals surface area contributed by atoms with Crippen molar-refractivity contribution in [1.29, 1.82) is 0 Å². The second-order valence-electron chi connectivity index (χ2n) is 8.69. The number of likely N-dealkylation sites (tertiary alicyclic amines) is 1. The van der Waals surface area contributed by atoms with Crippen molar-refractivity contribution in [3.05, 3.63) is 102 Å². The lowest BCUT2D eigenvalue weighted by molar-refractivity contribution is -0.130. The number of amides is 2. The fraction of sp³-hybridized carbons (Fsp3) is 0.241. The van der Waals surface area contributed by atoms with E-state index in [-0.39, 0.29) is 23.8 Å². The lowest BCUT2D eigenvalue weighted by atomic mass is 9.95. The fourth-order valence-electron chi connectivity index (χ4n) is 4.17. The molecule has 1 aliphatic rings. The Morgan fingerprint density at radius 1 is 0.853 bits per heavy atom. The molecule has 1 heterocycles. The van der Waals surface area contributed by atoms with Crippen molar-refractivity contribution in [3.63, 3.8) is 0 Å². The van der Waals surface area contributed by atoms with Crippen LogP contribution >= 0.6 is 0 Å². The van der Waals surface area contributed by atoms with Crippen LogP contribution < -0.4 is 10.6 Å². The highest BCUT2D eigenvalue weighted by Crippen LogP contribution is 2.23. The van der Waals surface area contributed by atoms with Gasteiger partial charge in [-0.1, -0.05) is 60.7 Å². The fourth-order valence-corrected chi connectivity index (χ4v) is 4.17. The normalized spacial score (nSPS) is 15.1. The van der Waals surface area contributed by atoms with Crippen molar-refractivity contribution in [2.45, 2.75) is 25.8 Å². The Balaban J connectivity index is 1.24. The van der Waals surface area contributed by atoms with E-state index in [0.717, 1.165) is 16.9 Å². The summed E-state index contributed by atoms with van der Waals surface area (Å²) in [6.07, 6.45) is 4.79. The molecule has 34 heavy (non-hydrogen) atoms. The maximum Gasteiger partial charge on any atom is 0.246 e. The summed E-state index contributed by atoms with van der Waals surface area (Å²) in [5.41, 5.74) is 4.01. The summed E-state index contributed by atoms with van der Waals surface area (Å²) in [6, 6.07) is 28.1. The number of piperidine rings is 1. The zero-order valence-corrected chi connectivity index (χ0v) is 19.5. The van der Waals surface area contributed by atoms with E-state index in [1.165, 1.54) is 5.56 Å². The summed E-state index contributed by atoms with van der Waals surface area (Å²) >= 11 is 0. The van der Waals surface area contributed by atoms with E-state index in [1.807, 2.05) is 83.8 Å². The molecule has 5 heteroatoms. The number of hydrogen-bond acceptors (Lipinski definition) is 3. The van der Waals surface area contributed by atoms with Crippen molar-refractivity contribution in [2.75, 3.05) is 23.7 Å². The average Bonchev–Trinajstić information content (AvgIpc) is 2.89. The third-order valence-electron chi connectivity index (χ3n) is 6.23. The zero-order chi connectivity index (χ0) is 23.8. The Bertz CT molecular complexity index is 1100. The maximum atomic E-state index is 12.8. The molecule has 0 aliphatic carbocycles. The van der Waals surface area contributed by atoms with Gasteiger partial charge in [-0.05, 0) is 61.2 Å². The SMILES string of the molecule is CC(Nc1ccc(NC(=O)C2CCN(C(=O)/C=C/c3ccccc3)CC2)cc1)c1ccccc1. The molecule has 0 aromatic heterocycles. The second-order valence-corrected chi connectivity index (χ2v) is 8.69. The molecule has 174 valence electrons. The topological polar surface area (TPSA) is 61.4 Å². The van der Waals surface area contributed by atoms with E-state index in [4.69, 9.17) is 0 Å². The first-order valence-electron chi connectivity index (χ1n) is 11.8. The second kappa shape index (κ2) is 11.3. The minimum absolute atomic E-state index is 0.00414. The van der Waals surface area contributed by atoms with Crippen molar-refractivity contribution in [2.24, 2.45) is 5.92 Å². The molecule has 0 saturated carbocycles. The van der Waals surface area contributed by atoms with Crippen LogP contribution in [0.1, 0.15) is 36.9 Å². The number of nitrogens with one attached hydrogen (secondary N) is 2. The van der Waals surface area contributed by atoms with E-state index >= 15 is 0 Å². The van der Waals surface area contributed by atoms with E-state index in [0.29, 0.717) is 25.9 Å². The molecule has 1 aliphatic heterocycles. The monoisotopic (exact) mass is 453 g/mol. The highest BCUT2D eigenvalue weighted by molar-refractivity contribution is 5.94. The minimum Gasteiger partial charge on any atom is -0.379 e. The molecule has 5 nitrogen and oxygen atoms in total. The van der Waals surface area contributed by atoms with Gasteiger partial charge in [0.2, 0.25) is 11.8 Å². The highest BCUT2D eigenvalue weighted by Gasteiger charge is 2.26. The third kappa shape index (κ3) is 6.35.